The Morgan fingerprint density at radius 2 is 1.86 bits per heavy atom. The van der Waals surface area contributed by atoms with E-state index in [1.54, 1.807) is 18.2 Å². The molecule has 1 saturated carbocycles. The molecule has 8 nitrogen and oxygen atoms in total. The number of carboxylic acid groups (broad SMARTS) is 1. The van der Waals surface area contributed by atoms with E-state index in [1.807, 2.05) is 0 Å². The summed E-state index contributed by atoms with van der Waals surface area (Å²) in [7, 11) is -4.11. The van der Waals surface area contributed by atoms with Crippen LogP contribution in [0, 0.1) is 0 Å². The first-order valence-electron chi connectivity index (χ1n) is 9.20. The zero-order valence-electron chi connectivity index (χ0n) is 15.4. The lowest BCUT2D eigenvalue weighted by molar-refractivity contribution is 0.0698. The maximum Gasteiger partial charge on any atom is 0.337 e. The van der Waals surface area contributed by atoms with E-state index in [9.17, 15) is 18.3 Å². The molecule has 0 amide bonds. The van der Waals surface area contributed by atoms with Gasteiger partial charge in [-0.25, -0.2) is 13.2 Å². The van der Waals surface area contributed by atoms with Crippen molar-refractivity contribution in [1.29, 1.82) is 0 Å². The number of hydrogen-bond donors (Lipinski definition) is 2. The second kappa shape index (κ2) is 7.67. The molecule has 1 aliphatic rings. The second-order valence-corrected chi connectivity index (χ2v) is 8.47. The molecule has 2 N–H and O–H groups in total. The van der Waals surface area contributed by atoms with Crippen LogP contribution in [0.2, 0.25) is 0 Å². The van der Waals surface area contributed by atoms with Gasteiger partial charge in [0.1, 0.15) is 16.2 Å². The summed E-state index contributed by atoms with van der Waals surface area (Å²) in [4.78, 5) is 19.8. The first kappa shape index (κ1) is 19.1. The quantitative estimate of drug-likeness (QED) is 0.635. The van der Waals surface area contributed by atoms with Crippen LogP contribution in [-0.4, -0.2) is 35.6 Å². The summed E-state index contributed by atoms with van der Waals surface area (Å²) in [6.45, 7) is 0. The first-order valence-corrected chi connectivity index (χ1v) is 10.7. The van der Waals surface area contributed by atoms with Gasteiger partial charge in [-0.05, 0) is 49.9 Å². The Labute approximate surface area is 167 Å². The molecular formula is C20H19N3O5S. The van der Waals surface area contributed by atoms with Crippen molar-refractivity contribution in [3.05, 3.63) is 54.4 Å². The van der Waals surface area contributed by atoms with Crippen molar-refractivity contribution in [2.75, 3.05) is 4.72 Å². The minimum atomic E-state index is -4.11. The fourth-order valence-corrected chi connectivity index (χ4v) is 4.69. The summed E-state index contributed by atoms with van der Waals surface area (Å²) in [6, 6.07) is 8.91. The summed E-state index contributed by atoms with van der Waals surface area (Å²) in [5.74, 6) is -0.815. The summed E-state index contributed by atoms with van der Waals surface area (Å²) >= 11 is 0. The number of sulfonamides is 1. The molecular weight excluding hydrogens is 394 g/mol. The summed E-state index contributed by atoms with van der Waals surface area (Å²) in [5, 5.41) is 9.48. The lowest BCUT2D eigenvalue weighted by Gasteiger charge is -2.16. The highest BCUT2D eigenvalue weighted by Gasteiger charge is 2.23. The maximum atomic E-state index is 13.0. The fourth-order valence-electron chi connectivity index (χ4n) is 3.45. The van der Waals surface area contributed by atoms with Crippen LogP contribution in [0.15, 0.2) is 53.7 Å². The van der Waals surface area contributed by atoms with E-state index in [-0.39, 0.29) is 27.8 Å². The number of nitrogens with one attached hydrogen (secondary N) is 1. The zero-order chi connectivity index (χ0) is 20.4. The first-order chi connectivity index (χ1) is 13.9. The van der Waals surface area contributed by atoms with E-state index in [0.29, 0.717) is 11.3 Å². The minimum Gasteiger partial charge on any atom is -0.490 e. The van der Waals surface area contributed by atoms with Crippen LogP contribution >= 0.6 is 0 Å². The highest BCUT2D eigenvalue weighted by atomic mass is 32.2. The molecule has 1 aliphatic carbocycles. The molecule has 2 aromatic carbocycles. The molecule has 1 fully saturated rings. The van der Waals surface area contributed by atoms with E-state index in [4.69, 9.17) is 4.74 Å². The average molecular weight is 413 g/mol. The molecule has 0 bridgehead atoms. The van der Waals surface area contributed by atoms with Gasteiger partial charge < -0.3 is 9.84 Å². The van der Waals surface area contributed by atoms with Crippen molar-refractivity contribution in [1.82, 2.24) is 9.97 Å². The third-order valence-electron chi connectivity index (χ3n) is 4.82. The van der Waals surface area contributed by atoms with Gasteiger partial charge in [0, 0.05) is 18.5 Å². The van der Waals surface area contributed by atoms with Crippen molar-refractivity contribution >= 4 is 32.7 Å². The second-order valence-electron chi connectivity index (χ2n) is 6.82. The molecule has 0 aliphatic heterocycles. The van der Waals surface area contributed by atoms with Crippen LogP contribution in [0.4, 0.5) is 5.69 Å². The number of para-hydroxylation sites is 1. The number of aromatic nitrogens is 2. The summed E-state index contributed by atoms with van der Waals surface area (Å²) in [6.07, 6.45) is 6.95. The Kier molecular flexibility index (Phi) is 5.06. The van der Waals surface area contributed by atoms with Crippen LogP contribution in [0.1, 0.15) is 36.0 Å². The molecule has 9 heteroatoms. The smallest absolute Gasteiger partial charge is 0.337 e. The standard InChI is InChI=1S/C20H19N3O5S/c24-20(25)15-9-8-14(28-13-4-1-2-5-13)12-17(15)23-29(26,27)18-7-3-6-16-19(18)22-11-10-21-16/h3,6-13,23H,1-2,4-5H2,(H,24,25). The van der Waals surface area contributed by atoms with Crippen LogP contribution < -0.4 is 9.46 Å². The number of hydrogen-bond acceptors (Lipinski definition) is 6. The van der Waals surface area contributed by atoms with Gasteiger partial charge in [0.15, 0.2) is 0 Å². The molecule has 3 aromatic rings. The normalized spacial score (nSPS) is 14.8. The number of carbonyl (C=O) groups is 1. The van der Waals surface area contributed by atoms with Gasteiger partial charge in [-0.3, -0.25) is 14.7 Å². The van der Waals surface area contributed by atoms with E-state index >= 15 is 0 Å². The SMILES string of the molecule is O=C(O)c1ccc(OC2CCCC2)cc1NS(=O)(=O)c1cccc2nccnc12. The lowest BCUT2D eigenvalue weighted by atomic mass is 10.1. The maximum absolute atomic E-state index is 13.0. The zero-order valence-corrected chi connectivity index (χ0v) is 16.2. The summed E-state index contributed by atoms with van der Waals surface area (Å²) < 4.78 is 34.3. The van der Waals surface area contributed by atoms with Gasteiger partial charge >= 0.3 is 5.97 Å². The summed E-state index contributed by atoms with van der Waals surface area (Å²) in [5.41, 5.74) is 0.400. The predicted octanol–water partition coefficient (Wildman–Crippen LogP) is 3.45. The number of anilines is 1. The molecule has 4 rings (SSSR count). The van der Waals surface area contributed by atoms with Crippen molar-refractivity contribution in [2.45, 2.75) is 36.7 Å². The number of benzene rings is 2. The molecule has 0 unspecified atom stereocenters. The van der Waals surface area contributed by atoms with Crippen LogP contribution in [0.3, 0.4) is 0 Å². The third-order valence-corrected chi connectivity index (χ3v) is 6.22. The fraction of sp³-hybridized carbons (Fsp3) is 0.250. The van der Waals surface area contributed by atoms with Crippen molar-refractivity contribution in [3.8, 4) is 5.75 Å². The number of ether oxygens (including phenoxy) is 1. The van der Waals surface area contributed by atoms with Gasteiger partial charge in [-0.15, -0.1) is 0 Å². The Bertz CT molecular complexity index is 1170. The number of aromatic carboxylic acids is 1. The Morgan fingerprint density at radius 1 is 1.10 bits per heavy atom. The van der Waals surface area contributed by atoms with Crippen molar-refractivity contribution in [3.63, 3.8) is 0 Å². The van der Waals surface area contributed by atoms with E-state index < -0.39 is 16.0 Å². The Balaban J connectivity index is 1.72. The molecule has 0 radical (unpaired) electrons. The molecule has 0 saturated heterocycles. The third kappa shape index (κ3) is 4.00. The van der Waals surface area contributed by atoms with Crippen molar-refractivity contribution in [2.24, 2.45) is 0 Å². The van der Waals surface area contributed by atoms with Crippen LogP contribution in [0.5, 0.6) is 5.75 Å². The highest BCUT2D eigenvalue weighted by Crippen LogP contribution is 2.30. The van der Waals surface area contributed by atoms with Gasteiger partial charge in [0.25, 0.3) is 10.0 Å². The largest absolute Gasteiger partial charge is 0.490 e. The molecule has 1 aromatic heterocycles. The minimum absolute atomic E-state index is 0.0588. The molecule has 1 heterocycles. The van der Waals surface area contributed by atoms with Crippen LogP contribution in [-0.2, 0) is 10.0 Å². The van der Waals surface area contributed by atoms with E-state index in [2.05, 4.69) is 14.7 Å². The Morgan fingerprint density at radius 3 is 2.62 bits per heavy atom. The van der Waals surface area contributed by atoms with Gasteiger partial charge in [-0.2, -0.15) is 0 Å². The topological polar surface area (TPSA) is 118 Å². The van der Waals surface area contributed by atoms with E-state index in [0.717, 1.165) is 25.7 Å². The average Bonchev–Trinajstić information content (AvgIpc) is 3.20. The molecule has 29 heavy (non-hydrogen) atoms. The molecule has 150 valence electrons. The van der Waals surface area contributed by atoms with Gasteiger partial charge in [0.2, 0.25) is 0 Å². The number of nitrogens with zero attached hydrogens (tertiary/aromatic N) is 2. The van der Waals surface area contributed by atoms with Crippen molar-refractivity contribution < 1.29 is 23.1 Å². The Hall–Kier alpha value is -3.20. The number of fused-ring (bicyclic) bond motifs is 1. The van der Waals surface area contributed by atoms with E-state index in [1.165, 1.54) is 30.6 Å². The van der Waals surface area contributed by atoms with Gasteiger partial charge in [-0.1, -0.05) is 6.07 Å². The predicted molar refractivity (Wildman–Crippen MR) is 107 cm³/mol. The van der Waals surface area contributed by atoms with Gasteiger partial charge in [0.05, 0.1) is 22.9 Å². The monoisotopic (exact) mass is 413 g/mol. The van der Waals surface area contributed by atoms with Crippen LogP contribution in [0.25, 0.3) is 11.0 Å². The highest BCUT2D eigenvalue weighted by molar-refractivity contribution is 7.93. The number of rotatable bonds is 6. The lowest BCUT2D eigenvalue weighted by Crippen LogP contribution is -2.17. The molecule has 0 atom stereocenters. The number of carboxylic acids is 1. The molecule has 0 spiro atoms.